The fourth-order valence-corrected chi connectivity index (χ4v) is 3.55. The number of hydrogen-bond acceptors (Lipinski definition) is 6. The van der Waals surface area contributed by atoms with Crippen molar-refractivity contribution in [1.82, 2.24) is 19.5 Å². The lowest BCUT2D eigenvalue weighted by molar-refractivity contribution is -0.121. The van der Waals surface area contributed by atoms with E-state index in [9.17, 15) is 9.59 Å². The zero-order valence-corrected chi connectivity index (χ0v) is 17.5. The van der Waals surface area contributed by atoms with Gasteiger partial charge in [-0.15, -0.1) is 0 Å². The second-order valence-electron chi connectivity index (χ2n) is 7.12. The minimum Gasteiger partial charge on any atom is -0.493 e. The second kappa shape index (κ2) is 8.95. The number of aryl methyl sites for hydroxylation is 1. The predicted molar refractivity (Wildman–Crippen MR) is 115 cm³/mol. The number of fused-ring (bicyclic) bond motifs is 3. The molecule has 0 spiro atoms. The van der Waals surface area contributed by atoms with Crippen LogP contribution in [0, 0.1) is 0 Å². The van der Waals surface area contributed by atoms with Gasteiger partial charge in [0, 0.05) is 31.6 Å². The van der Waals surface area contributed by atoms with Crippen LogP contribution >= 0.6 is 0 Å². The molecule has 0 aliphatic rings. The molecule has 4 rings (SSSR count). The summed E-state index contributed by atoms with van der Waals surface area (Å²) in [5.41, 5.74) is 2.79. The van der Waals surface area contributed by atoms with Gasteiger partial charge in [0.25, 0.3) is 5.56 Å². The van der Waals surface area contributed by atoms with Crippen LogP contribution in [0.5, 0.6) is 11.5 Å². The van der Waals surface area contributed by atoms with Crippen LogP contribution < -0.4 is 20.3 Å². The number of amides is 1. The molecule has 0 saturated heterocycles. The van der Waals surface area contributed by atoms with E-state index in [1.54, 1.807) is 43.3 Å². The highest BCUT2D eigenvalue weighted by atomic mass is 16.5. The lowest BCUT2D eigenvalue weighted by Gasteiger charge is -2.10. The Morgan fingerprint density at radius 3 is 2.77 bits per heavy atom. The molecule has 0 unspecified atom stereocenters. The standard InChI is InChI=1S/C22H24N4O5/c1-29-18-6-5-15(12-20(18)30-2)7-9-23-21(27)4-3-10-26-22(28)17-13-19-16(8-11-31-19)25(17)14-24-26/h5-6,8,11-14H,3-4,7,9-10H2,1-2H3,(H,23,27). The Labute approximate surface area is 178 Å². The SMILES string of the molecule is COc1ccc(CCNC(=O)CCCn2ncn3c(cc4occc43)c2=O)cc1OC. The Morgan fingerprint density at radius 2 is 1.97 bits per heavy atom. The first-order chi connectivity index (χ1) is 15.1. The number of benzene rings is 1. The normalized spacial score (nSPS) is 11.2. The van der Waals surface area contributed by atoms with Gasteiger partial charge < -0.3 is 19.2 Å². The van der Waals surface area contributed by atoms with E-state index in [1.807, 2.05) is 18.2 Å². The first-order valence-electron chi connectivity index (χ1n) is 10.0. The minimum absolute atomic E-state index is 0.0604. The summed E-state index contributed by atoms with van der Waals surface area (Å²) in [4.78, 5) is 24.8. The molecule has 3 heterocycles. The number of carbonyl (C=O) groups excluding carboxylic acids is 1. The molecule has 0 fully saturated rings. The number of furan rings is 1. The maximum absolute atomic E-state index is 12.6. The van der Waals surface area contributed by atoms with Gasteiger partial charge in [-0.3, -0.25) is 14.0 Å². The fraction of sp³-hybridized carbons (Fsp3) is 0.318. The van der Waals surface area contributed by atoms with Crippen LogP contribution in [0.3, 0.4) is 0 Å². The summed E-state index contributed by atoms with van der Waals surface area (Å²) in [6.45, 7) is 0.882. The first kappa shape index (κ1) is 20.5. The van der Waals surface area contributed by atoms with Crippen molar-refractivity contribution in [3.63, 3.8) is 0 Å². The van der Waals surface area contributed by atoms with Crippen LogP contribution in [-0.2, 0) is 17.8 Å². The van der Waals surface area contributed by atoms with Crippen molar-refractivity contribution in [3.05, 3.63) is 58.8 Å². The molecular weight excluding hydrogens is 400 g/mol. The zero-order valence-electron chi connectivity index (χ0n) is 17.5. The summed E-state index contributed by atoms with van der Waals surface area (Å²) in [5, 5.41) is 7.12. The van der Waals surface area contributed by atoms with E-state index in [-0.39, 0.29) is 11.5 Å². The van der Waals surface area contributed by atoms with Crippen LogP contribution in [0.1, 0.15) is 18.4 Å². The Kier molecular flexibility index (Phi) is 5.92. The van der Waals surface area contributed by atoms with Crippen molar-refractivity contribution in [2.45, 2.75) is 25.8 Å². The molecular formula is C22H24N4O5. The first-order valence-corrected chi connectivity index (χ1v) is 10.0. The number of ether oxygens (including phenoxy) is 2. The van der Waals surface area contributed by atoms with Gasteiger partial charge in [0.1, 0.15) is 11.8 Å². The highest BCUT2D eigenvalue weighted by molar-refractivity contribution is 5.81. The molecule has 31 heavy (non-hydrogen) atoms. The van der Waals surface area contributed by atoms with Crippen molar-refractivity contribution in [2.24, 2.45) is 0 Å². The monoisotopic (exact) mass is 424 g/mol. The lowest BCUT2D eigenvalue weighted by atomic mass is 10.1. The fourth-order valence-electron chi connectivity index (χ4n) is 3.55. The molecule has 9 heteroatoms. The summed E-state index contributed by atoms with van der Waals surface area (Å²) in [6.07, 6.45) is 4.68. The van der Waals surface area contributed by atoms with E-state index in [1.165, 1.54) is 4.68 Å². The zero-order chi connectivity index (χ0) is 21.8. The summed E-state index contributed by atoms with van der Waals surface area (Å²) >= 11 is 0. The van der Waals surface area contributed by atoms with Crippen molar-refractivity contribution in [1.29, 1.82) is 0 Å². The largest absolute Gasteiger partial charge is 0.493 e. The van der Waals surface area contributed by atoms with Crippen LogP contribution in [0.2, 0.25) is 0 Å². The Bertz CT molecular complexity index is 1270. The molecule has 1 N–H and O–H groups in total. The van der Waals surface area contributed by atoms with Gasteiger partial charge in [-0.1, -0.05) is 6.07 Å². The van der Waals surface area contributed by atoms with Gasteiger partial charge in [0.2, 0.25) is 5.91 Å². The van der Waals surface area contributed by atoms with Crippen molar-refractivity contribution in [2.75, 3.05) is 20.8 Å². The Morgan fingerprint density at radius 1 is 1.13 bits per heavy atom. The number of hydrogen-bond donors (Lipinski definition) is 1. The van der Waals surface area contributed by atoms with E-state index >= 15 is 0 Å². The number of aromatic nitrogens is 3. The molecule has 9 nitrogen and oxygen atoms in total. The Hall–Kier alpha value is -3.75. The van der Waals surface area contributed by atoms with E-state index in [0.717, 1.165) is 11.1 Å². The number of nitrogens with zero attached hydrogens (tertiary/aromatic N) is 3. The molecule has 0 aliphatic carbocycles. The lowest BCUT2D eigenvalue weighted by Crippen LogP contribution is -2.27. The maximum atomic E-state index is 12.6. The smallest absolute Gasteiger partial charge is 0.291 e. The molecule has 0 atom stereocenters. The molecule has 1 aromatic carbocycles. The van der Waals surface area contributed by atoms with E-state index in [0.29, 0.717) is 55.0 Å². The third-order valence-electron chi connectivity index (χ3n) is 5.18. The van der Waals surface area contributed by atoms with Crippen LogP contribution in [0.25, 0.3) is 16.6 Å². The van der Waals surface area contributed by atoms with Gasteiger partial charge >= 0.3 is 0 Å². The summed E-state index contributed by atoms with van der Waals surface area (Å²) in [7, 11) is 3.19. The summed E-state index contributed by atoms with van der Waals surface area (Å²) in [6, 6.07) is 9.19. The quantitative estimate of drug-likeness (QED) is 0.443. The maximum Gasteiger partial charge on any atom is 0.291 e. The van der Waals surface area contributed by atoms with Crippen molar-refractivity contribution < 1.29 is 18.7 Å². The van der Waals surface area contributed by atoms with Gasteiger partial charge in [0.05, 0.1) is 26.0 Å². The third-order valence-corrected chi connectivity index (χ3v) is 5.18. The van der Waals surface area contributed by atoms with Crippen LogP contribution in [0.4, 0.5) is 0 Å². The molecule has 4 aromatic rings. The molecule has 0 radical (unpaired) electrons. The van der Waals surface area contributed by atoms with Crippen molar-refractivity contribution in [3.8, 4) is 11.5 Å². The number of nitrogens with one attached hydrogen (secondary N) is 1. The molecule has 0 bridgehead atoms. The minimum atomic E-state index is -0.206. The number of carbonyl (C=O) groups is 1. The van der Waals surface area contributed by atoms with Crippen molar-refractivity contribution >= 4 is 22.5 Å². The van der Waals surface area contributed by atoms with E-state index < -0.39 is 0 Å². The van der Waals surface area contributed by atoms with Crippen LogP contribution in [-0.4, -0.2) is 40.9 Å². The van der Waals surface area contributed by atoms with Gasteiger partial charge in [-0.25, -0.2) is 4.68 Å². The average Bonchev–Trinajstić information content (AvgIpc) is 3.37. The predicted octanol–water partition coefficient (Wildman–Crippen LogP) is 2.40. The van der Waals surface area contributed by atoms with Crippen LogP contribution in [0.15, 0.2) is 52.1 Å². The highest BCUT2D eigenvalue weighted by Crippen LogP contribution is 2.27. The number of methoxy groups -OCH3 is 2. The van der Waals surface area contributed by atoms with Gasteiger partial charge in [-0.2, -0.15) is 5.10 Å². The topological polar surface area (TPSA) is 100 Å². The second-order valence-corrected chi connectivity index (χ2v) is 7.12. The molecule has 0 aliphatic heterocycles. The van der Waals surface area contributed by atoms with E-state index in [4.69, 9.17) is 13.9 Å². The molecule has 0 saturated carbocycles. The van der Waals surface area contributed by atoms with Gasteiger partial charge in [0.15, 0.2) is 17.1 Å². The third kappa shape index (κ3) is 4.25. The highest BCUT2D eigenvalue weighted by Gasteiger charge is 2.11. The molecule has 3 aromatic heterocycles. The molecule has 162 valence electrons. The average molecular weight is 424 g/mol. The van der Waals surface area contributed by atoms with Gasteiger partial charge in [-0.05, 0) is 30.5 Å². The Balaban J connectivity index is 1.27. The number of rotatable bonds is 9. The van der Waals surface area contributed by atoms with E-state index in [2.05, 4.69) is 10.4 Å². The summed E-state index contributed by atoms with van der Waals surface area (Å²) < 4.78 is 19.0. The summed E-state index contributed by atoms with van der Waals surface area (Å²) in [5.74, 6) is 1.28. The molecule has 1 amide bonds.